The highest BCUT2D eigenvalue weighted by molar-refractivity contribution is 5.34. The number of H-pyrrole nitrogens is 1. The number of hydrogen-bond donors (Lipinski definition) is 1. The molecule has 0 aliphatic heterocycles. The summed E-state index contributed by atoms with van der Waals surface area (Å²) in [6.45, 7) is 13.5. The zero-order chi connectivity index (χ0) is 19.2. The van der Waals surface area contributed by atoms with E-state index in [4.69, 9.17) is 0 Å². The molecule has 25 heavy (non-hydrogen) atoms. The van der Waals surface area contributed by atoms with Crippen molar-refractivity contribution in [3.05, 3.63) is 34.4 Å². The summed E-state index contributed by atoms with van der Waals surface area (Å²) in [5, 5.41) is 10.6. The van der Waals surface area contributed by atoms with Gasteiger partial charge in [-0.1, -0.05) is 13.8 Å². The Kier molecular flexibility index (Phi) is 4.83. The minimum Gasteiger partial charge on any atom is -0.282 e. The highest BCUT2D eigenvalue weighted by Gasteiger charge is 2.41. The van der Waals surface area contributed by atoms with Crippen LogP contribution in [-0.4, -0.2) is 20.0 Å². The molecule has 0 saturated carbocycles. The molecule has 2 rings (SSSR count). The number of aryl methyl sites for hydroxylation is 3. The summed E-state index contributed by atoms with van der Waals surface area (Å²) in [5.41, 5.74) is 1.06. The summed E-state index contributed by atoms with van der Waals surface area (Å²) in [5.74, 6) is 0. The summed E-state index contributed by atoms with van der Waals surface area (Å²) in [6, 6.07) is 2.01. The second kappa shape index (κ2) is 6.18. The van der Waals surface area contributed by atoms with Crippen LogP contribution in [0.4, 0.5) is 13.2 Å². The molecule has 2 aromatic rings. The van der Waals surface area contributed by atoms with Gasteiger partial charge in [0.1, 0.15) is 0 Å². The van der Waals surface area contributed by atoms with Crippen LogP contribution < -0.4 is 0 Å². The Balaban J connectivity index is 2.25. The van der Waals surface area contributed by atoms with Crippen molar-refractivity contribution >= 4 is 0 Å². The molecule has 0 aliphatic carbocycles. The monoisotopic (exact) mass is 356 g/mol. The van der Waals surface area contributed by atoms with Crippen LogP contribution in [0.2, 0.25) is 0 Å². The number of rotatable bonds is 4. The molecule has 0 aliphatic rings. The van der Waals surface area contributed by atoms with Gasteiger partial charge in [0.25, 0.3) is 0 Å². The Morgan fingerprint density at radius 2 is 1.68 bits per heavy atom. The van der Waals surface area contributed by atoms with Crippen molar-refractivity contribution in [2.75, 3.05) is 0 Å². The van der Waals surface area contributed by atoms with Crippen LogP contribution in [-0.2, 0) is 23.6 Å². The average Bonchev–Trinajstić information content (AvgIpc) is 2.99. The molecule has 0 aromatic carbocycles. The van der Waals surface area contributed by atoms with Gasteiger partial charge in [-0.3, -0.25) is 9.78 Å². The zero-order valence-corrected chi connectivity index (χ0v) is 16.0. The lowest BCUT2D eigenvalue weighted by Crippen LogP contribution is -2.25. The lowest BCUT2D eigenvalue weighted by atomic mass is 9.78. The number of aromatic nitrogens is 4. The van der Waals surface area contributed by atoms with Gasteiger partial charge in [-0.25, -0.2) is 0 Å². The quantitative estimate of drug-likeness (QED) is 0.846. The van der Waals surface area contributed by atoms with Crippen LogP contribution in [0.5, 0.6) is 0 Å². The fourth-order valence-electron chi connectivity index (χ4n) is 3.37. The third-order valence-electron chi connectivity index (χ3n) is 4.47. The molecule has 0 bridgehead atoms. The van der Waals surface area contributed by atoms with Gasteiger partial charge < -0.3 is 0 Å². The first kappa shape index (κ1) is 19.5. The maximum atomic E-state index is 13.2. The van der Waals surface area contributed by atoms with Gasteiger partial charge in [0.05, 0.1) is 11.2 Å². The second-order valence-electron chi connectivity index (χ2n) is 8.31. The number of halogens is 3. The largest absolute Gasteiger partial charge is 0.435 e. The Hall–Kier alpha value is -1.79. The van der Waals surface area contributed by atoms with E-state index in [1.165, 1.54) is 0 Å². The zero-order valence-electron chi connectivity index (χ0n) is 16.0. The van der Waals surface area contributed by atoms with Crippen LogP contribution in [0.1, 0.15) is 69.4 Å². The van der Waals surface area contributed by atoms with Gasteiger partial charge in [-0.15, -0.1) is 0 Å². The first-order valence-corrected chi connectivity index (χ1v) is 8.42. The highest BCUT2D eigenvalue weighted by Crippen LogP contribution is 2.39. The predicted molar refractivity (Wildman–Crippen MR) is 91.6 cm³/mol. The SMILES string of the molecule is Cc1[nH]nc(C(F)(F)F)c1C(C)(C)CCc1cc(C)n(C(C)(C)C)n1. The Labute approximate surface area is 146 Å². The molecule has 0 fully saturated rings. The van der Waals surface area contributed by atoms with Crippen LogP contribution in [0.15, 0.2) is 6.07 Å². The molecule has 7 heteroatoms. The Morgan fingerprint density at radius 1 is 1.08 bits per heavy atom. The van der Waals surface area contributed by atoms with Crippen molar-refractivity contribution in [2.24, 2.45) is 0 Å². The van der Waals surface area contributed by atoms with E-state index in [9.17, 15) is 13.2 Å². The van der Waals surface area contributed by atoms with Crippen LogP contribution >= 0.6 is 0 Å². The summed E-state index contributed by atoms with van der Waals surface area (Å²) < 4.78 is 41.7. The van der Waals surface area contributed by atoms with Gasteiger partial charge in [0.2, 0.25) is 0 Å². The van der Waals surface area contributed by atoms with Crippen molar-refractivity contribution in [3.63, 3.8) is 0 Å². The molecule has 0 unspecified atom stereocenters. The van der Waals surface area contributed by atoms with Gasteiger partial charge in [-0.05, 0) is 58.9 Å². The first-order chi connectivity index (χ1) is 11.2. The van der Waals surface area contributed by atoms with Crippen molar-refractivity contribution in [1.29, 1.82) is 0 Å². The van der Waals surface area contributed by atoms with Crippen molar-refractivity contribution in [2.45, 2.75) is 78.4 Å². The molecule has 0 saturated heterocycles. The van der Waals surface area contributed by atoms with Crippen molar-refractivity contribution in [3.8, 4) is 0 Å². The third kappa shape index (κ3) is 4.07. The Bertz CT molecular complexity index is 745. The van der Waals surface area contributed by atoms with Crippen LogP contribution in [0.3, 0.4) is 0 Å². The van der Waals surface area contributed by atoms with Crippen molar-refractivity contribution < 1.29 is 13.2 Å². The van der Waals surface area contributed by atoms with Gasteiger partial charge in [-0.2, -0.15) is 23.4 Å². The first-order valence-electron chi connectivity index (χ1n) is 8.42. The van der Waals surface area contributed by atoms with E-state index < -0.39 is 17.3 Å². The highest BCUT2D eigenvalue weighted by atomic mass is 19.4. The molecule has 0 spiro atoms. The number of nitrogens with zero attached hydrogens (tertiary/aromatic N) is 3. The second-order valence-corrected chi connectivity index (χ2v) is 8.31. The molecule has 2 aromatic heterocycles. The average molecular weight is 356 g/mol. The molecular formula is C18H27F3N4. The molecule has 4 nitrogen and oxygen atoms in total. The fraction of sp³-hybridized carbons (Fsp3) is 0.667. The van der Waals surface area contributed by atoms with E-state index in [0.717, 1.165) is 11.4 Å². The minimum absolute atomic E-state index is 0.123. The molecule has 1 N–H and O–H groups in total. The van der Waals surface area contributed by atoms with E-state index in [1.54, 1.807) is 6.92 Å². The molecule has 2 heterocycles. The summed E-state index contributed by atoms with van der Waals surface area (Å²) in [4.78, 5) is 0. The van der Waals surface area contributed by atoms with E-state index in [1.807, 2.05) is 31.5 Å². The van der Waals surface area contributed by atoms with Crippen LogP contribution in [0.25, 0.3) is 0 Å². The topological polar surface area (TPSA) is 46.5 Å². The van der Waals surface area contributed by atoms with E-state index >= 15 is 0 Å². The summed E-state index contributed by atoms with van der Waals surface area (Å²) in [7, 11) is 0. The molecule has 0 amide bonds. The minimum atomic E-state index is -4.46. The lowest BCUT2D eigenvalue weighted by molar-refractivity contribution is -0.142. The maximum Gasteiger partial charge on any atom is 0.435 e. The van der Waals surface area contributed by atoms with E-state index in [2.05, 4.69) is 36.1 Å². The number of aromatic amines is 1. The molecule has 140 valence electrons. The molecular weight excluding hydrogens is 329 g/mol. The normalized spacial score (nSPS) is 13.5. The van der Waals surface area contributed by atoms with Crippen LogP contribution in [0, 0.1) is 13.8 Å². The third-order valence-corrected chi connectivity index (χ3v) is 4.47. The standard InChI is InChI=1S/C18H27F3N4/c1-11-10-13(24-25(11)16(3,4)5)8-9-17(6,7)14-12(2)22-23-15(14)18(19,20)21/h10H,8-9H2,1-7H3,(H,22,23). The molecule has 0 radical (unpaired) electrons. The fourth-order valence-corrected chi connectivity index (χ4v) is 3.37. The van der Waals surface area contributed by atoms with E-state index in [-0.39, 0.29) is 11.1 Å². The smallest absolute Gasteiger partial charge is 0.282 e. The Morgan fingerprint density at radius 3 is 2.16 bits per heavy atom. The number of hydrogen-bond acceptors (Lipinski definition) is 2. The predicted octanol–water partition coefficient (Wildman–Crippen LogP) is 4.91. The summed E-state index contributed by atoms with van der Waals surface area (Å²) >= 11 is 0. The lowest BCUT2D eigenvalue weighted by Gasteiger charge is -2.26. The van der Waals surface area contributed by atoms with Gasteiger partial charge in [0, 0.05) is 17.0 Å². The molecule has 0 atom stereocenters. The van der Waals surface area contributed by atoms with Gasteiger partial charge in [0.15, 0.2) is 5.69 Å². The van der Waals surface area contributed by atoms with E-state index in [0.29, 0.717) is 18.5 Å². The number of nitrogens with one attached hydrogen (secondary N) is 1. The van der Waals surface area contributed by atoms with Crippen molar-refractivity contribution in [1.82, 2.24) is 20.0 Å². The number of alkyl halides is 3. The summed E-state index contributed by atoms with van der Waals surface area (Å²) in [6.07, 6.45) is -3.29. The maximum absolute atomic E-state index is 13.2. The van der Waals surface area contributed by atoms with Gasteiger partial charge >= 0.3 is 6.18 Å².